The van der Waals surface area contributed by atoms with E-state index in [2.05, 4.69) is 29.4 Å². The Labute approximate surface area is 91.1 Å². The molecule has 0 spiro atoms. The van der Waals surface area contributed by atoms with Crippen molar-refractivity contribution >= 4 is 0 Å². The van der Waals surface area contributed by atoms with Crippen LogP contribution in [0, 0.1) is 5.92 Å². The summed E-state index contributed by atoms with van der Waals surface area (Å²) in [5.41, 5.74) is 0. The van der Waals surface area contributed by atoms with Crippen molar-refractivity contribution < 1.29 is 0 Å². The molecule has 4 heteroatoms. The van der Waals surface area contributed by atoms with Gasteiger partial charge in [0, 0.05) is 18.6 Å². The summed E-state index contributed by atoms with van der Waals surface area (Å²) in [6, 6.07) is 1.20. The molecule has 1 aliphatic carbocycles. The van der Waals surface area contributed by atoms with Crippen molar-refractivity contribution in [2.45, 2.75) is 51.7 Å². The molecule has 0 radical (unpaired) electrons. The second kappa shape index (κ2) is 4.75. The second-order valence-electron chi connectivity index (χ2n) is 4.58. The Morgan fingerprint density at radius 3 is 2.60 bits per heavy atom. The van der Waals surface area contributed by atoms with Crippen LogP contribution < -0.4 is 5.32 Å². The average Bonchev–Trinajstić information content (AvgIpc) is 2.95. The molecule has 1 aromatic heterocycles. The molecule has 0 bridgehead atoms. The molecule has 0 aromatic carbocycles. The zero-order chi connectivity index (χ0) is 10.7. The van der Waals surface area contributed by atoms with E-state index in [9.17, 15) is 0 Å². The maximum atomic E-state index is 3.81. The van der Waals surface area contributed by atoms with E-state index in [1.54, 1.807) is 12.7 Å². The number of aromatic nitrogens is 3. The van der Waals surface area contributed by atoms with E-state index >= 15 is 0 Å². The van der Waals surface area contributed by atoms with Crippen LogP contribution in [-0.4, -0.2) is 26.8 Å². The molecule has 1 aliphatic rings. The van der Waals surface area contributed by atoms with Gasteiger partial charge < -0.3 is 9.88 Å². The van der Waals surface area contributed by atoms with Gasteiger partial charge in [-0.2, -0.15) is 0 Å². The number of hydrogen-bond donors (Lipinski definition) is 1. The standard InChI is InChI=1S/C11H20N4/c1-3-11(10-4-5-10)14-9(2)6-15-7-12-13-8-15/h7-11,14H,3-6H2,1-2H3. The van der Waals surface area contributed by atoms with Gasteiger partial charge in [0.05, 0.1) is 0 Å². The van der Waals surface area contributed by atoms with E-state index in [1.807, 2.05) is 4.57 Å². The highest BCUT2D eigenvalue weighted by atomic mass is 15.2. The van der Waals surface area contributed by atoms with Gasteiger partial charge in [0.1, 0.15) is 12.7 Å². The zero-order valence-electron chi connectivity index (χ0n) is 9.56. The summed E-state index contributed by atoms with van der Waals surface area (Å²) in [6.45, 7) is 5.45. The van der Waals surface area contributed by atoms with E-state index in [4.69, 9.17) is 0 Å². The molecule has 1 heterocycles. The van der Waals surface area contributed by atoms with E-state index in [0.717, 1.165) is 12.5 Å². The van der Waals surface area contributed by atoms with Crippen LogP contribution in [0.25, 0.3) is 0 Å². The number of nitrogens with one attached hydrogen (secondary N) is 1. The molecule has 1 aromatic rings. The molecule has 0 saturated heterocycles. The maximum Gasteiger partial charge on any atom is 0.119 e. The predicted molar refractivity (Wildman–Crippen MR) is 59.4 cm³/mol. The molecule has 0 aliphatic heterocycles. The third kappa shape index (κ3) is 3.02. The predicted octanol–water partition coefficient (Wildman–Crippen LogP) is 1.44. The van der Waals surface area contributed by atoms with Gasteiger partial charge in [0.25, 0.3) is 0 Å². The smallest absolute Gasteiger partial charge is 0.119 e. The SMILES string of the molecule is CCC(NC(C)Cn1cnnc1)C1CC1. The van der Waals surface area contributed by atoms with E-state index < -0.39 is 0 Å². The minimum Gasteiger partial charge on any atom is -0.319 e. The van der Waals surface area contributed by atoms with E-state index in [-0.39, 0.29) is 0 Å². The van der Waals surface area contributed by atoms with E-state index in [1.165, 1.54) is 19.3 Å². The van der Waals surface area contributed by atoms with Crippen LogP contribution >= 0.6 is 0 Å². The molecule has 84 valence electrons. The first-order chi connectivity index (χ1) is 7.29. The molecule has 1 fully saturated rings. The van der Waals surface area contributed by atoms with Crippen molar-refractivity contribution in [2.24, 2.45) is 5.92 Å². The maximum absolute atomic E-state index is 3.81. The molecule has 2 atom stereocenters. The Hall–Kier alpha value is -0.900. The lowest BCUT2D eigenvalue weighted by atomic mass is 10.1. The summed E-state index contributed by atoms with van der Waals surface area (Å²) in [6.07, 6.45) is 7.60. The molecule has 4 nitrogen and oxygen atoms in total. The first-order valence-electron chi connectivity index (χ1n) is 5.88. The highest BCUT2D eigenvalue weighted by molar-refractivity contribution is 4.87. The van der Waals surface area contributed by atoms with Crippen LogP contribution in [0.3, 0.4) is 0 Å². The molecule has 2 unspecified atom stereocenters. The summed E-state index contributed by atoms with van der Waals surface area (Å²) < 4.78 is 2.03. The van der Waals surface area contributed by atoms with Crippen molar-refractivity contribution in [1.82, 2.24) is 20.1 Å². The lowest BCUT2D eigenvalue weighted by molar-refractivity contribution is 0.371. The van der Waals surface area contributed by atoms with E-state index in [0.29, 0.717) is 12.1 Å². The third-order valence-electron chi connectivity index (χ3n) is 3.08. The first kappa shape index (κ1) is 10.6. The van der Waals surface area contributed by atoms with Gasteiger partial charge in [0.2, 0.25) is 0 Å². The number of hydrogen-bond acceptors (Lipinski definition) is 3. The largest absolute Gasteiger partial charge is 0.319 e. The Morgan fingerprint density at radius 2 is 2.07 bits per heavy atom. The normalized spacial score (nSPS) is 20.1. The van der Waals surface area contributed by atoms with Crippen LogP contribution in [0.15, 0.2) is 12.7 Å². The summed E-state index contributed by atoms with van der Waals surface area (Å²) in [5, 5.41) is 11.3. The molecular formula is C11H20N4. The molecule has 1 N–H and O–H groups in total. The van der Waals surface area contributed by atoms with Gasteiger partial charge in [0.15, 0.2) is 0 Å². The van der Waals surface area contributed by atoms with Crippen molar-refractivity contribution in [1.29, 1.82) is 0 Å². The van der Waals surface area contributed by atoms with Gasteiger partial charge in [-0.3, -0.25) is 0 Å². The lowest BCUT2D eigenvalue weighted by Crippen LogP contribution is -2.39. The molecule has 15 heavy (non-hydrogen) atoms. The minimum absolute atomic E-state index is 0.492. The summed E-state index contributed by atoms with van der Waals surface area (Å²) >= 11 is 0. The Balaban J connectivity index is 1.78. The van der Waals surface area contributed by atoms with Gasteiger partial charge in [-0.25, -0.2) is 0 Å². The highest BCUT2D eigenvalue weighted by Gasteiger charge is 2.30. The highest BCUT2D eigenvalue weighted by Crippen LogP contribution is 2.34. The van der Waals surface area contributed by atoms with Gasteiger partial charge in [-0.15, -0.1) is 10.2 Å². The Morgan fingerprint density at radius 1 is 1.40 bits per heavy atom. The topological polar surface area (TPSA) is 42.7 Å². The van der Waals surface area contributed by atoms with Crippen molar-refractivity contribution in [3.63, 3.8) is 0 Å². The van der Waals surface area contributed by atoms with Crippen LogP contribution in [0.1, 0.15) is 33.1 Å². The fourth-order valence-electron chi connectivity index (χ4n) is 2.14. The minimum atomic E-state index is 0.492. The Bertz CT molecular complexity index is 279. The third-order valence-corrected chi connectivity index (χ3v) is 3.08. The molecule has 0 amide bonds. The van der Waals surface area contributed by atoms with Crippen molar-refractivity contribution in [3.8, 4) is 0 Å². The quantitative estimate of drug-likeness (QED) is 0.769. The monoisotopic (exact) mass is 208 g/mol. The van der Waals surface area contributed by atoms with Crippen molar-refractivity contribution in [3.05, 3.63) is 12.7 Å². The van der Waals surface area contributed by atoms with Crippen LogP contribution in [0.2, 0.25) is 0 Å². The van der Waals surface area contributed by atoms with Crippen LogP contribution in [-0.2, 0) is 6.54 Å². The van der Waals surface area contributed by atoms with Gasteiger partial charge in [-0.1, -0.05) is 6.92 Å². The molecular weight excluding hydrogens is 188 g/mol. The zero-order valence-corrected chi connectivity index (χ0v) is 9.56. The van der Waals surface area contributed by atoms with Crippen molar-refractivity contribution in [2.75, 3.05) is 0 Å². The average molecular weight is 208 g/mol. The van der Waals surface area contributed by atoms with Crippen LogP contribution in [0.5, 0.6) is 0 Å². The van der Waals surface area contributed by atoms with Gasteiger partial charge in [-0.05, 0) is 32.1 Å². The Kier molecular flexibility index (Phi) is 3.36. The second-order valence-corrected chi connectivity index (χ2v) is 4.58. The number of rotatable bonds is 6. The van der Waals surface area contributed by atoms with Crippen LogP contribution in [0.4, 0.5) is 0 Å². The molecule has 1 saturated carbocycles. The fourth-order valence-corrected chi connectivity index (χ4v) is 2.14. The fraction of sp³-hybridized carbons (Fsp3) is 0.818. The summed E-state index contributed by atoms with van der Waals surface area (Å²) in [7, 11) is 0. The number of nitrogens with zero attached hydrogens (tertiary/aromatic N) is 3. The summed E-state index contributed by atoms with van der Waals surface area (Å²) in [4.78, 5) is 0. The summed E-state index contributed by atoms with van der Waals surface area (Å²) in [5.74, 6) is 0.929. The lowest BCUT2D eigenvalue weighted by Gasteiger charge is -2.22. The molecule has 2 rings (SSSR count). The first-order valence-corrected chi connectivity index (χ1v) is 5.88. The van der Waals surface area contributed by atoms with Gasteiger partial charge >= 0.3 is 0 Å².